The van der Waals surface area contributed by atoms with Crippen LogP contribution in [0.5, 0.6) is 5.75 Å². The number of methoxy groups -OCH3 is 1. The van der Waals surface area contributed by atoms with E-state index in [-0.39, 0.29) is 4.90 Å². The summed E-state index contributed by atoms with van der Waals surface area (Å²) >= 11 is 0. The first-order chi connectivity index (χ1) is 13.9. The molecule has 0 aliphatic heterocycles. The van der Waals surface area contributed by atoms with E-state index in [2.05, 4.69) is 0 Å². The molecule has 2 aromatic carbocycles. The van der Waals surface area contributed by atoms with Crippen molar-refractivity contribution in [2.75, 3.05) is 7.11 Å². The highest BCUT2D eigenvalue weighted by Gasteiger charge is 2.43. The van der Waals surface area contributed by atoms with Crippen LogP contribution in [0.15, 0.2) is 47.5 Å². The maximum Gasteiger partial charge on any atom is 0.406 e. The molecule has 1 N–H and O–H groups in total. The Morgan fingerprint density at radius 1 is 1.07 bits per heavy atom. The van der Waals surface area contributed by atoms with Crippen LogP contribution in [-0.4, -0.2) is 32.3 Å². The maximum absolute atomic E-state index is 13.8. The van der Waals surface area contributed by atoms with Crippen molar-refractivity contribution >= 4 is 20.9 Å². The Balaban J connectivity index is 1.97. The molecule has 0 amide bonds. The molecule has 0 spiro atoms. The highest BCUT2D eigenvalue weighted by molar-refractivity contribution is 7.89. The number of alkyl halides is 3. The fourth-order valence-corrected chi connectivity index (χ4v) is 5.37. The SMILES string of the molecule is COc1ccc2c(ccn2CC(NS(=O)(=O)c2c(C)cc(C)cc2C)C(F)(F)F)c1. The smallest absolute Gasteiger partial charge is 0.406 e. The topological polar surface area (TPSA) is 60.3 Å². The van der Waals surface area contributed by atoms with Crippen molar-refractivity contribution in [3.63, 3.8) is 0 Å². The number of hydrogen-bond donors (Lipinski definition) is 1. The second-order valence-electron chi connectivity index (χ2n) is 7.34. The molecule has 1 atom stereocenters. The number of hydrogen-bond acceptors (Lipinski definition) is 3. The second-order valence-corrected chi connectivity index (χ2v) is 8.99. The summed E-state index contributed by atoms with van der Waals surface area (Å²) < 4.78 is 75.5. The molecule has 0 aliphatic carbocycles. The van der Waals surface area contributed by atoms with E-state index in [9.17, 15) is 21.6 Å². The predicted octanol–water partition coefficient (Wildman–Crippen LogP) is 4.48. The van der Waals surface area contributed by atoms with Crippen molar-refractivity contribution in [3.8, 4) is 5.75 Å². The van der Waals surface area contributed by atoms with Crippen LogP contribution >= 0.6 is 0 Å². The van der Waals surface area contributed by atoms with Crippen LogP contribution in [0.3, 0.4) is 0 Å². The minimum Gasteiger partial charge on any atom is -0.497 e. The number of sulfonamides is 1. The summed E-state index contributed by atoms with van der Waals surface area (Å²) in [6.07, 6.45) is -3.28. The van der Waals surface area contributed by atoms with Crippen molar-refractivity contribution in [2.45, 2.75) is 44.4 Å². The molecule has 0 bridgehead atoms. The predicted molar refractivity (Wildman–Crippen MR) is 109 cm³/mol. The van der Waals surface area contributed by atoms with Gasteiger partial charge >= 0.3 is 6.18 Å². The zero-order valence-corrected chi connectivity index (χ0v) is 17.9. The standard InChI is InChI=1S/C21H23F3N2O3S/c1-13-9-14(2)20(15(3)10-13)30(27,28)25-19(21(22,23)24)12-26-8-7-16-11-17(29-4)5-6-18(16)26/h5-11,19,25H,12H2,1-4H3. The van der Waals surface area contributed by atoms with Gasteiger partial charge in [-0.3, -0.25) is 0 Å². The molecular formula is C21H23F3N2O3S. The minimum atomic E-state index is -4.78. The number of rotatable bonds is 6. The van der Waals surface area contributed by atoms with E-state index in [4.69, 9.17) is 4.74 Å². The Morgan fingerprint density at radius 3 is 2.27 bits per heavy atom. The summed E-state index contributed by atoms with van der Waals surface area (Å²) in [4.78, 5) is -0.121. The fraction of sp³-hybridized carbons (Fsp3) is 0.333. The normalized spacial score (nSPS) is 13.6. The van der Waals surface area contributed by atoms with Crippen LogP contribution in [-0.2, 0) is 16.6 Å². The average Bonchev–Trinajstić information content (AvgIpc) is 3.01. The van der Waals surface area contributed by atoms with Crippen LogP contribution in [0, 0.1) is 20.8 Å². The Morgan fingerprint density at radius 2 is 1.70 bits per heavy atom. The van der Waals surface area contributed by atoms with Crippen molar-refractivity contribution in [2.24, 2.45) is 0 Å². The van der Waals surface area contributed by atoms with Gasteiger partial charge in [-0.15, -0.1) is 0 Å². The molecular weight excluding hydrogens is 417 g/mol. The summed E-state index contributed by atoms with van der Waals surface area (Å²) in [6, 6.07) is 7.63. The van der Waals surface area contributed by atoms with Gasteiger partial charge in [-0.25, -0.2) is 8.42 Å². The third-order valence-corrected chi connectivity index (χ3v) is 6.70. The van der Waals surface area contributed by atoms with Crippen LogP contribution in [0.4, 0.5) is 13.2 Å². The Kier molecular flexibility index (Phi) is 5.88. The Labute approximate surface area is 173 Å². The molecule has 1 aromatic heterocycles. The summed E-state index contributed by atoms with van der Waals surface area (Å²) in [6.45, 7) is 4.35. The molecule has 3 aromatic rings. The van der Waals surface area contributed by atoms with Crippen LogP contribution in [0.1, 0.15) is 16.7 Å². The minimum absolute atomic E-state index is 0.121. The van der Waals surface area contributed by atoms with Gasteiger partial charge in [-0.2, -0.15) is 17.9 Å². The summed E-state index contributed by atoms with van der Waals surface area (Å²) in [5.41, 5.74) is 2.19. The first kappa shape index (κ1) is 22.2. The van der Waals surface area contributed by atoms with Gasteiger partial charge in [-0.05, 0) is 56.2 Å². The van der Waals surface area contributed by atoms with E-state index in [1.54, 1.807) is 57.2 Å². The maximum atomic E-state index is 13.8. The van der Waals surface area contributed by atoms with Gasteiger partial charge < -0.3 is 9.30 Å². The first-order valence-electron chi connectivity index (χ1n) is 9.22. The van der Waals surface area contributed by atoms with E-state index >= 15 is 0 Å². The van der Waals surface area contributed by atoms with Crippen LogP contribution < -0.4 is 9.46 Å². The number of ether oxygens (including phenoxy) is 1. The highest BCUT2D eigenvalue weighted by Crippen LogP contribution is 2.28. The molecule has 0 fully saturated rings. The molecule has 1 unspecified atom stereocenters. The molecule has 5 nitrogen and oxygen atoms in total. The molecule has 9 heteroatoms. The number of halogens is 3. The molecule has 162 valence electrons. The number of nitrogens with zero attached hydrogens (tertiary/aromatic N) is 1. The molecule has 0 aliphatic rings. The molecule has 1 heterocycles. The van der Waals surface area contributed by atoms with Gasteiger partial charge in [0.1, 0.15) is 11.8 Å². The van der Waals surface area contributed by atoms with Crippen molar-refractivity contribution in [1.29, 1.82) is 0 Å². The number of nitrogens with one attached hydrogen (secondary N) is 1. The molecule has 0 radical (unpaired) electrons. The van der Waals surface area contributed by atoms with Gasteiger partial charge in [0.2, 0.25) is 10.0 Å². The summed E-state index contributed by atoms with van der Waals surface area (Å²) in [5, 5.41) is 0.698. The van der Waals surface area contributed by atoms with E-state index in [1.807, 2.05) is 4.72 Å². The lowest BCUT2D eigenvalue weighted by Gasteiger charge is -2.24. The lowest BCUT2D eigenvalue weighted by atomic mass is 10.1. The van der Waals surface area contributed by atoms with Gasteiger partial charge in [0.15, 0.2) is 0 Å². The third kappa shape index (κ3) is 4.46. The number of fused-ring (bicyclic) bond motifs is 1. The van der Waals surface area contributed by atoms with Crippen LogP contribution in [0.2, 0.25) is 0 Å². The van der Waals surface area contributed by atoms with Gasteiger partial charge in [0, 0.05) is 23.6 Å². The summed E-state index contributed by atoms with van der Waals surface area (Å²) in [5.74, 6) is 0.582. The van der Waals surface area contributed by atoms with Crippen molar-refractivity contribution < 1.29 is 26.3 Å². The molecule has 3 rings (SSSR count). The van der Waals surface area contributed by atoms with E-state index in [0.717, 1.165) is 5.56 Å². The van der Waals surface area contributed by atoms with E-state index in [0.29, 0.717) is 27.8 Å². The first-order valence-corrected chi connectivity index (χ1v) is 10.7. The van der Waals surface area contributed by atoms with Crippen LogP contribution in [0.25, 0.3) is 10.9 Å². The Hall–Kier alpha value is -2.52. The Bertz CT molecular complexity index is 1160. The van der Waals surface area contributed by atoms with Gasteiger partial charge in [0.25, 0.3) is 0 Å². The second kappa shape index (κ2) is 7.96. The van der Waals surface area contributed by atoms with E-state index in [1.165, 1.54) is 17.9 Å². The quantitative estimate of drug-likeness (QED) is 0.615. The zero-order valence-electron chi connectivity index (χ0n) is 17.0. The average molecular weight is 440 g/mol. The molecule has 0 saturated carbocycles. The molecule has 30 heavy (non-hydrogen) atoms. The van der Waals surface area contributed by atoms with E-state index < -0.39 is 28.8 Å². The lowest BCUT2D eigenvalue weighted by molar-refractivity contribution is -0.154. The lowest BCUT2D eigenvalue weighted by Crippen LogP contribution is -2.48. The fourth-order valence-electron chi connectivity index (χ4n) is 3.71. The monoisotopic (exact) mass is 440 g/mol. The number of benzene rings is 2. The molecule has 0 saturated heterocycles. The third-order valence-electron chi connectivity index (χ3n) is 4.92. The largest absolute Gasteiger partial charge is 0.497 e. The van der Waals surface area contributed by atoms with Crippen molar-refractivity contribution in [3.05, 3.63) is 59.3 Å². The van der Waals surface area contributed by atoms with Crippen molar-refractivity contribution in [1.82, 2.24) is 9.29 Å². The van der Waals surface area contributed by atoms with Gasteiger partial charge in [-0.1, -0.05) is 17.7 Å². The number of aryl methyl sites for hydroxylation is 3. The highest BCUT2D eigenvalue weighted by atomic mass is 32.2. The zero-order chi connectivity index (χ0) is 22.3. The number of aromatic nitrogens is 1. The van der Waals surface area contributed by atoms with Gasteiger partial charge in [0.05, 0.1) is 12.0 Å². The summed E-state index contributed by atoms with van der Waals surface area (Å²) in [7, 11) is -2.89.